The summed E-state index contributed by atoms with van der Waals surface area (Å²) in [6.45, 7) is 0. The van der Waals surface area contributed by atoms with Crippen molar-refractivity contribution in [3.63, 3.8) is 0 Å². The summed E-state index contributed by atoms with van der Waals surface area (Å²) in [6, 6.07) is 11.0. The highest BCUT2D eigenvalue weighted by Crippen LogP contribution is 2.19. The number of rotatable bonds is 2. The molecule has 2 aromatic carbocycles. The molecular weight excluding hydrogens is 316 g/mol. The Morgan fingerprint density at radius 1 is 0.792 bits per heavy atom. The second kappa shape index (κ2) is 7.72. The third-order valence-corrected chi connectivity index (χ3v) is 2.74. The largest absolute Gasteiger partial charge is 0.398 e. The second-order valence-electron chi connectivity index (χ2n) is 4.28. The molecule has 2 aromatic rings. The molecule has 0 aliphatic rings. The van der Waals surface area contributed by atoms with E-state index in [2.05, 4.69) is 0 Å². The maximum Gasteiger partial charge on any atom is 0.270 e. The predicted octanol–water partition coefficient (Wildman–Crippen LogP) is 2.10. The first kappa shape index (κ1) is 17.9. The molecule has 0 heterocycles. The molecule has 0 spiro atoms. The SMILES string of the molecule is N#Cc1cc([N+](=O)[O-])ccc1N.N#Cc1cc([N+](=O)[O-])ccc1N. The monoisotopic (exact) mass is 326 g/mol. The van der Waals surface area contributed by atoms with Crippen LogP contribution in [0.25, 0.3) is 0 Å². The summed E-state index contributed by atoms with van der Waals surface area (Å²) in [6.07, 6.45) is 0. The van der Waals surface area contributed by atoms with Gasteiger partial charge in [0.1, 0.15) is 12.1 Å². The molecule has 0 aliphatic carbocycles. The van der Waals surface area contributed by atoms with Crippen LogP contribution in [0.4, 0.5) is 22.7 Å². The molecule has 0 radical (unpaired) electrons. The predicted molar refractivity (Wildman–Crippen MR) is 84.4 cm³/mol. The maximum absolute atomic E-state index is 10.2. The zero-order valence-electron chi connectivity index (χ0n) is 12.0. The fourth-order valence-electron chi connectivity index (χ4n) is 1.51. The van der Waals surface area contributed by atoms with Crippen LogP contribution in [-0.4, -0.2) is 9.85 Å². The molecule has 0 amide bonds. The molecule has 0 saturated carbocycles. The van der Waals surface area contributed by atoms with E-state index < -0.39 is 9.85 Å². The minimum absolute atomic E-state index is 0.124. The molecule has 0 aliphatic heterocycles. The third kappa shape index (κ3) is 4.41. The number of nitro benzene ring substituents is 2. The molecule has 0 aromatic heterocycles. The van der Waals surface area contributed by atoms with Gasteiger partial charge in [0.25, 0.3) is 11.4 Å². The summed E-state index contributed by atoms with van der Waals surface area (Å²) in [5, 5.41) is 37.4. The number of nitrogens with two attached hydrogens (primary N) is 2. The van der Waals surface area contributed by atoms with Crippen molar-refractivity contribution in [1.29, 1.82) is 10.5 Å². The molecular formula is C14H10N6O4. The number of nitriles is 2. The number of nitrogens with zero attached hydrogens (tertiary/aromatic N) is 4. The van der Waals surface area contributed by atoms with Crippen molar-refractivity contribution < 1.29 is 9.85 Å². The van der Waals surface area contributed by atoms with E-state index in [4.69, 9.17) is 22.0 Å². The zero-order chi connectivity index (χ0) is 18.3. The summed E-state index contributed by atoms with van der Waals surface area (Å²) in [7, 11) is 0. The van der Waals surface area contributed by atoms with Crippen molar-refractivity contribution in [2.75, 3.05) is 11.5 Å². The fraction of sp³-hybridized carbons (Fsp3) is 0. The normalized spacial score (nSPS) is 8.92. The summed E-state index contributed by atoms with van der Waals surface area (Å²) in [4.78, 5) is 19.3. The van der Waals surface area contributed by atoms with Crippen LogP contribution in [0.15, 0.2) is 36.4 Å². The molecule has 10 heteroatoms. The lowest BCUT2D eigenvalue weighted by Gasteiger charge is -1.95. The van der Waals surface area contributed by atoms with Crippen LogP contribution >= 0.6 is 0 Å². The minimum atomic E-state index is -0.569. The van der Waals surface area contributed by atoms with Gasteiger partial charge in [-0.25, -0.2) is 0 Å². The van der Waals surface area contributed by atoms with Gasteiger partial charge in [-0.3, -0.25) is 20.2 Å². The van der Waals surface area contributed by atoms with E-state index in [-0.39, 0.29) is 33.9 Å². The third-order valence-electron chi connectivity index (χ3n) is 2.74. The number of nitro groups is 2. The van der Waals surface area contributed by atoms with E-state index in [0.717, 1.165) is 12.1 Å². The Labute approximate surface area is 135 Å². The van der Waals surface area contributed by atoms with Gasteiger partial charge in [-0.2, -0.15) is 10.5 Å². The van der Waals surface area contributed by atoms with Gasteiger partial charge in [-0.1, -0.05) is 0 Å². The number of hydrogen-bond donors (Lipinski definition) is 2. The van der Waals surface area contributed by atoms with E-state index >= 15 is 0 Å². The van der Waals surface area contributed by atoms with Gasteiger partial charge in [0, 0.05) is 35.6 Å². The standard InChI is InChI=1S/2C7H5N3O2/c2*8-4-5-3-6(10(11)12)1-2-7(5)9/h2*1-3H,9H2. The first-order chi connectivity index (χ1) is 11.3. The van der Waals surface area contributed by atoms with Gasteiger partial charge in [0.05, 0.1) is 21.0 Å². The Morgan fingerprint density at radius 3 is 1.38 bits per heavy atom. The van der Waals surface area contributed by atoms with Gasteiger partial charge in [0.15, 0.2) is 0 Å². The van der Waals surface area contributed by atoms with E-state index in [1.54, 1.807) is 12.1 Å². The molecule has 0 saturated heterocycles. The van der Waals surface area contributed by atoms with Gasteiger partial charge in [-0.05, 0) is 12.1 Å². The van der Waals surface area contributed by atoms with Crippen LogP contribution in [0, 0.1) is 42.9 Å². The Bertz CT molecular complexity index is 808. The van der Waals surface area contributed by atoms with Crippen LogP contribution < -0.4 is 11.5 Å². The Hall–Kier alpha value is -4.18. The molecule has 0 bridgehead atoms. The summed E-state index contributed by atoms with van der Waals surface area (Å²) >= 11 is 0. The lowest BCUT2D eigenvalue weighted by molar-refractivity contribution is -0.385. The minimum Gasteiger partial charge on any atom is -0.398 e. The average molecular weight is 326 g/mol. The molecule has 0 fully saturated rings. The molecule has 4 N–H and O–H groups in total. The van der Waals surface area contributed by atoms with Gasteiger partial charge in [-0.15, -0.1) is 0 Å². The van der Waals surface area contributed by atoms with Crippen LogP contribution in [0.1, 0.15) is 11.1 Å². The molecule has 2 rings (SSSR count). The first-order valence-electron chi connectivity index (χ1n) is 6.18. The Morgan fingerprint density at radius 2 is 1.12 bits per heavy atom. The van der Waals surface area contributed by atoms with E-state index in [0.29, 0.717) is 0 Å². The molecule has 24 heavy (non-hydrogen) atoms. The lowest BCUT2D eigenvalue weighted by Crippen LogP contribution is -1.93. The highest BCUT2D eigenvalue weighted by atomic mass is 16.6. The van der Waals surface area contributed by atoms with E-state index in [9.17, 15) is 20.2 Å². The highest BCUT2D eigenvalue weighted by Gasteiger charge is 2.08. The number of nitrogen functional groups attached to an aromatic ring is 2. The van der Waals surface area contributed by atoms with Crippen LogP contribution in [0.3, 0.4) is 0 Å². The van der Waals surface area contributed by atoms with Gasteiger partial charge < -0.3 is 11.5 Å². The molecule has 0 unspecified atom stereocenters. The summed E-state index contributed by atoms with van der Waals surface area (Å²) in [5.74, 6) is 0. The Balaban J connectivity index is 0.000000240. The van der Waals surface area contributed by atoms with Crippen molar-refractivity contribution in [3.05, 3.63) is 67.8 Å². The van der Waals surface area contributed by atoms with Crippen molar-refractivity contribution in [3.8, 4) is 12.1 Å². The number of hydrogen-bond acceptors (Lipinski definition) is 8. The average Bonchev–Trinajstić information content (AvgIpc) is 2.55. The molecule has 10 nitrogen and oxygen atoms in total. The summed E-state index contributed by atoms with van der Waals surface area (Å²) < 4.78 is 0. The van der Waals surface area contributed by atoms with E-state index in [1.807, 2.05) is 0 Å². The van der Waals surface area contributed by atoms with Crippen molar-refractivity contribution in [2.45, 2.75) is 0 Å². The molecule has 120 valence electrons. The van der Waals surface area contributed by atoms with Crippen molar-refractivity contribution in [1.82, 2.24) is 0 Å². The second-order valence-corrected chi connectivity index (χ2v) is 4.28. The summed E-state index contributed by atoms with van der Waals surface area (Å²) in [5.41, 5.74) is 11.2. The topological polar surface area (TPSA) is 186 Å². The number of non-ortho nitro benzene ring substituents is 2. The van der Waals surface area contributed by atoms with Gasteiger partial charge in [0.2, 0.25) is 0 Å². The zero-order valence-corrected chi connectivity index (χ0v) is 12.0. The van der Waals surface area contributed by atoms with Crippen LogP contribution in [0.5, 0.6) is 0 Å². The van der Waals surface area contributed by atoms with Crippen LogP contribution in [0.2, 0.25) is 0 Å². The van der Waals surface area contributed by atoms with Crippen molar-refractivity contribution >= 4 is 22.7 Å². The van der Waals surface area contributed by atoms with E-state index in [1.165, 1.54) is 24.3 Å². The fourth-order valence-corrected chi connectivity index (χ4v) is 1.51. The van der Waals surface area contributed by atoms with Crippen LogP contribution in [-0.2, 0) is 0 Å². The molecule has 0 atom stereocenters. The van der Waals surface area contributed by atoms with Crippen molar-refractivity contribution in [2.24, 2.45) is 0 Å². The smallest absolute Gasteiger partial charge is 0.270 e. The van der Waals surface area contributed by atoms with Gasteiger partial charge >= 0.3 is 0 Å². The first-order valence-corrected chi connectivity index (χ1v) is 6.18. The Kier molecular flexibility index (Phi) is 5.75. The highest BCUT2D eigenvalue weighted by molar-refractivity contribution is 5.59. The lowest BCUT2D eigenvalue weighted by atomic mass is 10.2. The number of anilines is 2. The quantitative estimate of drug-likeness (QED) is 0.476. The number of benzene rings is 2. The maximum atomic E-state index is 10.2.